The predicted octanol–water partition coefficient (Wildman–Crippen LogP) is 4.05. The maximum Gasteiger partial charge on any atom is 0.304 e. The Morgan fingerprint density at radius 2 is 2.11 bits per heavy atom. The minimum absolute atomic E-state index is 0.0509. The molecule has 3 nitrogen and oxygen atoms in total. The van der Waals surface area contributed by atoms with Crippen molar-refractivity contribution in [2.45, 2.75) is 32.6 Å². The second-order valence-electron chi connectivity index (χ2n) is 5.35. The van der Waals surface area contributed by atoms with Gasteiger partial charge in [-0.3, -0.25) is 4.79 Å². The molecule has 0 atom stereocenters. The molecule has 0 radical (unpaired) electrons. The summed E-state index contributed by atoms with van der Waals surface area (Å²) in [6.45, 7) is 9.80. The molecule has 1 rings (SSSR count). The van der Waals surface area contributed by atoms with E-state index in [9.17, 15) is 4.79 Å². The Morgan fingerprint density at radius 1 is 1.47 bits per heavy atom. The van der Waals surface area contributed by atoms with Crippen LogP contribution in [0, 0.1) is 0 Å². The number of rotatable bonds is 6. The van der Waals surface area contributed by atoms with E-state index in [1.807, 2.05) is 26.8 Å². The summed E-state index contributed by atoms with van der Waals surface area (Å²) < 4.78 is 5.50. The van der Waals surface area contributed by atoms with E-state index in [1.54, 1.807) is 12.1 Å². The third kappa shape index (κ3) is 4.60. The Labute approximate surface area is 118 Å². The molecule has 1 N–H and O–H groups in total. The van der Waals surface area contributed by atoms with Crippen molar-refractivity contribution in [1.29, 1.82) is 0 Å². The van der Waals surface area contributed by atoms with Crippen molar-refractivity contribution in [2.24, 2.45) is 0 Å². The maximum atomic E-state index is 10.9. The number of hydrogen-bond acceptors (Lipinski definition) is 2. The molecule has 0 spiro atoms. The SMILES string of the molecule is C=C(C)COc1ccc(C(C)(C)CC(=O)O)cc1Cl. The lowest BCUT2D eigenvalue weighted by atomic mass is 9.81. The molecule has 1 aromatic carbocycles. The van der Waals surface area contributed by atoms with Crippen LogP contribution in [0.4, 0.5) is 0 Å². The largest absolute Gasteiger partial charge is 0.488 e. The molecule has 0 saturated carbocycles. The lowest BCUT2D eigenvalue weighted by molar-refractivity contribution is -0.138. The average Bonchev–Trinajstić information content (AvgIpc) is 2.25. The second kappa shape index (κ2) is 6.11. The molecule has 104 valence electrons. The van der Waals surface area contributed by atoms with Crippen LogP contribution in [0.1, 0.15) is 32.8 Å². The van der Waals surface area contributed by atoms with Crippen molar-refractivity contribution in [2.75, 3.05) is 6.61 Å². The lowest BCUT2D eigenvalue weighted by Crippen LogP contribution is -2.21. The van der Waals surface area contributed by atoms with E-state index in [1.165, 1.54) is 0 Å². The molecule has 0 aromatic heterocycles. The second-order valence-corrected chi connectivity index (χ2v) is 5.75. The third-order valence-electron chi connectivity index (χ3n) is 2.78. The number of benzene rings is 1. The highest BCUT2D eigenvalue weighted by Gasteiger charge is 2.24. The Morgan fingerprint density at radius 3 is 2.58 bits per heavy atom. The molecule has 19 heavy (non-hydrogen) atoms. The van der Waals surface area contributed by atoms with Crippen LogP contribution in [-0.4, -0.2) is 17.7 Å². The van der Waals surface area contributed by atoms with Crippen molar-refractivity contribution in [3.63, 3.8) is 0 Å². The molecule has 0 aliphatic carbocycles. The average molecular weight is 283 g/mol. The van der Waals surface area contributed by atoms with Crippen LogP contribution in [-0.2, 0) is 10.2 Å². The van der Waals surface area contributed by atoms with Crippen molar-refractivity contribution < 1.29 is 14.6 Å². The van der Waals surface area contributed by atoms with E-state index in [-0.39, 0.29) is 6.42 Å². The molecule has 0 heterocycles. The van der Waals surface area contributed by atoms with Crippen LogP contribution < -0.4 is 4.74 Å². The fourth-order valence-electron chi connectivity index (χ4n) is 1.72. The van der Waals surface area contributed by atoms with Crippen LogP contribution in [0.3, 0.4) is 0 Å². The first-order valence-electron chi connectivity index (χ1n) is 6.01. The predicted molar refractivity (Wildman–Crippen MR) is 77.0 cm³/mol. The highest BCUT2D eigenvalue weighted by atomic mass is 35.5. The van der Waals surface area contributed by atoms with E-state index in [0.717, 1.165) is 11.1 Å². The molecule has 0 aliphatic rings. The van der Waals surface area contributed by atoms with Gasteiger partial charge in [-0.2, -0.15) is 0 Å². The lowest BCUT2D eigenvalue weighted by Gasteiger charge is -2.23. The van der Waals surface area contributed by atoms with Crippen molar-refractivity contribution in [3.8, 4) is 5.75 Å². The molecule has 0 unspecified atom stereocenters. The van der Waals surface area contributed by atoms with Gasteiger partial charge in [-0.05, 0) is 30.2 Å². The first kappa shape index (κ1) is 15.6. The molecule has 1 aromatic rings. The third-order valence-corrected chi connectivity index (χ3v) is 3.08. The standard InChI is InChI=1S/C15H19ClO3/c1-10(2)9-19-13-6-5-11(7-12(13)16)15(3,4)8-14(17)18/h5-7H,1,8-9H2,2-4H3,(H,17,18). The van der Waals surface area contributed by atoms with Crippen LogP contribution >= 0.6 is 11.6 Å². The number of hydrogen-bond donors (Lipinski definition) is 1. The van der Waals surface area contributed by atoms with E-state index in [4.69, 9.17) is 21.4 Å². The van der Waals surface area contributed by atoms with Crippen molar-refractivity contribution >= 4 is 17.6 Å². The first-order chi connectivity index (χ1) is 8.72. The molecular weight excluding hydrogens is 264 g/mol. The summed E-state index contributed by atoms with van der Waals surface area (Å²) in [5.74, 6) is -0.247. The van der Waals surface area contributed by atoms with Crippen molar-refractivity contribution in [3.05, 3.63) is 40.9 Å². The minimum Gasteiger partial charge on any atom is -0.488 e. The molecular formula is C15H19ClO3. The van der Waals surface area contributed by atoms with E-state index >= 15 is 0 Å². The Balaban J connectivity index is 2.92. The fraction of sp³-hybridized carbons (Fsp3) is 0.400. The number of carboxylic acid groups (broad SMARTS) is 1. The van der Waals surface area contributed by atoms with Crippen LogP contribution in [0.25, 0.3) is 0 Å². The smallest absolute Gasteiger partial charge is 0.304 e. The monoisotopic (exact) mass is 282 g/mol. The highest BCUT2D eigenvalue weighted by molar-refractivity contribution is 6.32. The van der Waals surface area contributed by atoms with Gasteiger partial charge in [-0.25, -0.2) is 0 Å². The van der Waals surface area contributed by atoms with Gasteiger partial charge in [0.15, 0.2) is 0 Å². The number of aliphatic carboxylic acids is 1. The quantitative estimate of drug-likeness (QED) is 0.801. The van der Waals surface area contributed by atoms with Crippen LogP contribution in [0.15, 0.2) is 30.4 Å². The van der Waals surface area contributed by atoms with Crippen LogP contribution in [0.5, 0.6) is 5.75 Å². The van der Waals surface area contributed by atoms with Gasteiger partial charge < -0.3 is 9.84 Å². The summed E-state index contributed by atoms with van der Waals surface area (Å²) in [7, 11) is 0. The zero-order valence-corrected chi connectivity index (χ0v) is 12.3. The van der Waals surface area contributed by atoms with Gasteiger partial charge in [0.1, 0.15) is 12.4 Å². The van der Waals surface area contributed by atoms with Gasteiger partial charge in [-0.15, -0.1) is 0 Å². The molecule has 0 aliphatic heterocycles. The summed E-state index contributed by atoms with van der Waals surface area (Å²) in [5, 5.41) is 9.40. The van der Waals surface area contributed by atoms with Gasteiger partial charge in [0.2, 0.25) is 0 Å². The van der Waals surface area contributed by atoms with Crippen LogP contribution in [0.2, 0.25) is 5.02 Å². The Kier molecular flexibility index (Phi) is 5.01. The first-order valence-corrected chi connectivity index (χ1v) is 6.39. The number of carbonyl (C=O) groups is 1. The topological polar surface area (TPSA) is 46.5 Å². The molecule has 4 heteroatoms. The summed E-state index contributed by atoms with van der Waals surface area (Å²) in [6.07, 6.45) is 0.0509. The zero-order chi connectivity index (χ0) is 14.6. The highest BCUT2D eigenvalue weighted by Crippen LogP contribution is 2.33. The molecule has 0 bridgehead atoms. The van der Waals surface area contributed by atoms with E-state index < -0.39 is 11.4 Å². The number of halogens is 1. The van der Waals surface area contributed by atoms with Crippen molar-refractivity contribution in [1.82, 2.24) is 0 Å². The van der Waals surface area contributed by atoms with Gasteiger partial charge in [0.05, 0.1) is 11.4 Å². The molecule has 0 fully saturated rings. The normalized spacial score (nSPS) is 11.2. The summed E-state index contributed by atoms with van der Waals surface area (Å²) in [6, 6.07) is 5.38. The number of carboxylic acids is 1. The van der Waals surface area contributed by atoms with Gasteiger partial charge in [0, 0.05) is 5.41 Å². The van der Waals surface area contributed by atoms with E-state index in [0.29, 0.717) is 17.4 Å². The zero-order valence-electron chi connectivity index (χ0n) is 11.5. The number of ether oxygens (including phenoxy) is 1. The Hall–Kier alpha value is -1.48. The fourth-order valence-corrected chi connectivity index (χ4v) is 1.96. The minimum atomic E-state index is -0.830. The van der Waals surface area contributed by atoms with Gasteiger partial charge in [-0.1, -0.05) is 38.1 Å². The summed E-state index contributed by atoms with van der Waals surface area (Å²) in [4.78, 5) is 10.9. The van der Waals surface area contributed by atoms with Gasteiger partial charge in [0.25, 0.3) is 0 Å². The van der Waals surface area contributed by atoms with E-state index in [2.05, 4.69) is 6.58 Å². The summed E-state index contributed by atoms with van der Waals surface area (Å²) in [5.41, 5.74) is 1.32. The molecule has 0 saturated heterocycles. The summed E-state index contributed by atoms with van der Waals surface area (Å²) >= 11 is 6.15. The Bertz CT molecular complexity index is 492. The van der Waals surface area contributed by atoms with Gasteiger partial charge >= 0.3 is 5.97 Å². The maximum absolute atomic E-state index is 10.9. The molecule has 0 amide bonds.